The summed E-state index contributed by atoms with van der Waals surface area (Å²) in [5, 5.41) is 8.83. The number of benzene rings is 2. The fraction of sp³-hybridized carbons (Fsp3) is 0.300. The predicted molar refractivity (Wildman–Crippen MR) is 101 cm³/mol. The van der Waals surface area contributed by atoms with Gasteiger partial charge in [0, 0.05) is 4.47 Å². The largest absolute Gasteiger partial charge is 0.489 e. The van der Waals surface area contributed by atoms with Gasteiger partial charge in [-0.1, -0.05) is 40.2 Å². The van der Waals surface area contributed by atoms with E-state index in [0.29, 0.717) is 25.2 Å². The quantitative estimate of drug-likeness (QED) is 0.397. The minimum absolute atomic E-state index is 0.354. The minimum Gasteiger partial charge on any atom is -0.489 e. The summed E-state index contributed by atoms with van der Waals surface area (Å²) in [7, 11) is 1.30. The molecule has 2 aromatic carbocycles. The summed E-state index contributed by atoms with van der Waals surface area (Å²) in [4.78, 5) is 23.9. The number of hydroxylamine groups is 1. The molecule has 0 radical (unpaired) electrons. The summed E-state index contributed by atoms with van der Waals surface area (Å²) in [6.45, 7) is 0.448. The zero-order valence-corrected chi connectivity index (χ0v) is 16.4. The Balaban J connectivity index is 1.64. The molecule has 3 rings (SSSR count). The molecule has 0 bridgehead atoms. The van der Waals surface area contributed by atoms with Crippen LogP contribution in [0, 0.1) is 11.3 Å². The first-order valence-corrected chi connectivity index (χ1v) is 9.26. The Hall–Kier alpha value is -2.38. The predicted octanol–water partition coefficient (Wildman–Crippen LogP) is 3.26. The van der Waals surface area contributed by atoms with Crippen LogP contribution in [-0.4, -0.2) is 24.2 Å². The van der Waals surface area contributed by atoms with E-state index in [1.807, 2.05) is 48.5 Å². The highest BCUT2D eigenvalue weighted by Gasteiger charge is 2.64. The van der Waals surface area contributed by atoms with Gasteiger partial charge in [-0.15, -0.1) is 0 Å². The van der Waals surface area contributed by atoms with E-state index in [2.05, 4.69) is 15.9 Å². The molecule has 1 amide bonds. The summed E-state index contributed by atoms with van der Waals surface area (Å²) < 4.78 is 11.6. The number of halogens is 1. The third kappa shape index (κ3) is 4.31. The van der Waals surface area contributed by atoms with Gasteiger partial charge in [-0.2, -0.15) is 0 Å². The van der Waals surface area contributed by atoms with Crippen molar-refractivity contribution in [3.05, 3.63) is 64.1 Å². The Labute approximate surface area is 165 Å². The second-order valence-corrected chi connectivity index (χ2v) is 7.54. The second kappa shape index (κ2) is 8.10. The molecule has 27 heavy (non-hydrogen) atoms. The third-order valence-corrected chi connectivity index (χ3v) is 5.32. The molecule has 1 aliphatic rings. The van der Waals surface area contributed by atoms with Crippen molar-refractivity contribution < 1.29 is 24.3 Å². The highest BCUT2D eigenvalue weighted by Crippen LogP contribution is 2.55. The number of carbonyl (C=O) groups is 2. The van der Waals surface area contributed by atoms with Gasteiger partial charge in [-0.25, -0.2) is 5.48 Å². The molecular weight excluding hydrogens is 414 g/mol. The van der Waals surface area contributed by atoms with Crippen molar-refractivity contribution >= 4 is 27.8 Å². The zero-order valence-electron chi connectivity index (χ0n) is 14.8. The van der Waals surface area contributed by atoms with Crippen LogP contribution >= 0.6 is 15.9 Å². The number of carbonyl (C=O) groups excluding carboxylic acids is 2. The average molecular weight is 434 g/mol. The summed E-state index contributed by atoms with van der Waals surface area (Å²) in [6.07, 6.45) is 0.719. The Kier molecular flexibility index (Phi) is 5.82. The SMILES string of the molecule is COC(=O)[C@@]1(Cc2ccc(OCc3cccc(Br)c3)cc2)C[C@@H]1C(=O)NO. The molecule has 2 aromatic rings. The number of ether oxygens (including phenoxy) is 2. The van der Waals surface area contributed by atoms with Crippen molar-refractivity contribution in [1.82, 2.24) is 5.48 Å². The van der Waals surface area contributed by atoms with Crippen molar-refractivity contribution in [1.29, 1.82) is 0 Å². The number of amides is 1. The molecule has 0 saturated heterocycles. The molecule has 0 aromatic heterocycles. The van der Waals surface area contributed by atoms with E-state index in [0.717, 1.165) is 15.6 Å². The molecule has 2 atom stereocenters. The summed E-state index contributed by atoms with van der Waals surface area (Å²) in [5.41, 5.74) is 2.65. The van der Waals surface area contributed by atoms with E-state index in [9.17, 15) is 9.59 Å². The number of methoxy groups -OCH3 is 1. The Morgan fingerprint density at radius 1 is 1.22 bits per heavy atom. The Bertz CT molecular complexity index is 839. The standard InChI is InChI=1S/C20H20BrNO5/c1-26-19(24)20(11-17(20)18(23)22-25)10-13-5-7-16(8-6-13)27-12-14-3-2-4-15(21)9-14/h2-9,17,25H,10-12H2,1H3,(H,22,23)/t17-,20+/m1/s1. The second-order valence-electron chi connectivity index (χ2n) is 6.62. The smallest absolute Gasteiger partial charge is 0.312 e. The van der Waals surface area contributed by atoms with E-state index < -0.39 is 23.2 Å². The van der Waals surface area contributed by atoms with Gasteiger partial charge in [0.05, 0.1) is 18.4 Å². The van der Waals surface area contributed by atoms with Gasteiger partial charge in [-0.3, -0.25) is 14.8 Å². The van der Waals surface area contributed by atoms with E-state index >= 15 is 0 Å². The van der Waals surface area contributed by atoms with Crippen molar-refractivity contribution in [2.75, 3.05) is 7.11 Å². The molecular formula is C20H20BrNO5. The molecule has 0 heterocycles. The first-order chi connectivity index (χ1) is 13.0. The van der Waals surface area contributed by atoms with Gasteiger partial charge >= 0.3 is 5.97 Å². The molecule has 6 nitrogen and oxygen atoms in total. The number of rotatable bonds is 7. The van der Waals surface area contributed by atoms with Crippen LogP contribution in [0.3, 0.4) is 0 Å². The molecule has 1 saturated carbocycles. The monoisotopic (exact) mass is 433 g/mol. The topological polar surface area (TPSA) is 84.9 Å². The maximum absolute atomic E-state index is 12.2. The van der Waals surface area contributed by atoms with E-state index in [1.165, 1.54) is 7.11 Å². The van der Waals surface area contributed by atoms with Gasteiger partial charge < -0.3 is 9.47 Å². The number of nitrogens with one attached hydrogen (secondary N) is 1. The number of hydrogen-bond donors (Lipinski definition) is 2. The lowest BCUT2D eigenvalue weighted by Gasteiger charge is -2.15. The van der Waals surface area contributed by atoms with Crippen molar-refractivity contribution in [2.24, 2.45) is 11.3 Å². The molecule has 1 fully saturated rings. The number of hydrogen-bond acceptors (Lipinski definition) is 5. The van der Waals surface area contributed by atoms with E-state index in [1.54, 1.807) is 5.48 Å². The van der Waals surface area contributed by atoms with Gasteiger partial charge in [0.1, 0.15) is 12.4 Å². The van der Waals surface area contributed by atoms with Crippen molar-refractivity contribution in [3.63, 3.8) is 0 Å². The van der Waals surface area contributed by atoms with Crippen molar-refractivity contribution in [2.45, 2.75) is 19.4 Å². The van der Waals surface area contributed by atoms with Crippen LogP contribution in [0.1, 0.15) is 17.5 Å². The molecule has 1 aliphatic carbocycles. The van der Waals surface area contributed by atoms with Crippen LogP contribution in [0.4, 0.5) is 0 Å². The normalized spacial score (nSPS) is 20.6. The maximum Gasteiger partial charge on any atom is 0.312 e. The van der Waals surface area contributed by atoms with E-state index in [4.69, 9.17) is 14.7 Å². The lowest BCUT2D eigenvalue weighted by Crippen LogP contribution is -2.30. The molecule has 142 valence electrons. The van der Waals surface area contributed by atoms with Crippen LogP contribution in [-0.2, 0) is 27.4 Å². The fourth-order valence-electron chi connectivity index (χ4n) is 3.28. The van der Waals surface area contributed by atoms with Crippen LogP contribution in [0.2, 0.25) is 0 Å². The molecule has 0 aliphatic heterocycles. The van der Waals surface area contributed by atoms with Crippen LogP contribution in [0.25, 0.3) is 0 Å². The number of esters is 1. The lowest BCUT2D eigenvalue weighted by atomic mass is 9.93. The minimum atomic E-state index is -0.916. The average Bonchev–Trinajstić information content (AvgIpc) is 3.41. The third-order valence-electron chi connectivity index (χ3n) is 4.83. The highest BCUT2D eigenvalue weighted by molar-refractivity contribution is 9.10. The first-order valence-electron chi connectivity index (χ1n) is 8.47. The lowest BCUT2D eigenvalue weighted by molar-refractivity contribution is -0.149. The summed E-state index contributed by atoms with van der Waals surface area (Å²) in [5.74, 6) is -0.867. The van der Waals surface area contributed by atoms with Gasteiger partial charge in [0.15, 0.2) is 0 Å². The zero-order chi connectivity index (χ0) is 19.4. The van der Waals surface area contributed by atoms with Crippen LogP contribution < -0.4 is 10.2 Å². The highest BCUT2D eigenvalue weighted by atomic mass is 79.9. The van der Waals surface area contributed by atoms with Gasteiger partial charge in [0.25, 0.3) is 0 Å². The molecule has 2 N–H and O–H groups in total. The molecule has 0 spiro atoms. The van der Waals surface area contributed by atoms with Gasteiger partial charge in [0.2, 0.25) is 5.91 Å². The van der Waals surface area contributed by atoms with Crippen LogP contribution in [0.5, 0.6) is 5.75 Å². The first kappa shape index (κ1) is 19.4. The molecule has 0 unspecified atom stereocenters. The Morgan fingerprint density at radius 3 is 2.59 bits per heavy atom. The summed E-state index contributed by atoms with van der Waals surface area (Å²) in [6, 6.07) is 15.3. The Morgan fingerprint density at radius 2 is 1.96 bits per heavy atom. The van der Waals surface area contributed by atoms with Gasteiger partial charge in [-0.05, 0) is 48.2 Å². The maximum atomic E-state index is 12.2. The summed E-state index contributed by atoms with van der Waals surface area (Å²) >= 11 is 3.43. The molecule has 7 heteroatoms. The fourth-order valence-corrected chi connectivity index (χ4v) is 3.73. The van der Waals surface area contributed by atoms with Crippen LogP contribution in [0.15, 0.2) is 53.0 Å². The van der Waals surface area contributed by atoms with Crippen molar-refractivity contribution in [3.8, 4) is 5.75 Å². The van der Waals surface area contributed by atoms with E-state index in [-0.39, 0.29) is 0 Å².